The third-order valence-corrected chi connectivity index (χ3v) is 3.67. The topological polar surface area (TPSA) is 89.9 Å². The van der Waals surface area contributed by atoms with Gasteiger partial charge >= 0.3 is 12.1 Å². The fraction of sp³-hybridized carbons (Fsp3) is 0.429. The molecule has 0 radical (unpaired) electrons. The van der Waals surface area contributed by atoms with E-state index >= 15 is 0 Å². The fourth-order valence-corrected chi connectivity index (χ4v) is 2.54. The molecule has 1 unspecified atom stereocenters. The molecular weight excluding hydrogens is 260 g/mol. The van der Waals surface area contributed by atoms with Crippen LogP contribution >= 0.6 is 0 Å². The first-order valence-electron chi connectivity index (χ1n) is 6.50. The van der Waals surface area contributed by atoms with Crippen molar-refractivity contribution in [3.63, 3.8) is 0 Å². The SMILES string of the molecule is C[C@H](N[C@@H]1CN(C(=O)O)CC1C(=O)O)c1ccccc1. The molecule has 6 heteroatoms. The van der Waals surface area contributed by atoms with E-state index in [9.17, 15) is 14.7 Å². The zero-order chi connectivity index (χ0) is 14.7. The molecule has 1 fully saturated rings. The van der Waals surface area contributed by atoms with Gasteiger partial charge in [-0.05, 0) is 12.5 Å². The molecule has 108 valence electrons. The molecule has 0 saturated carbocycles. The van der Waals surface area contributed by atoms with Gasteiger partial charge in [0.05, 0.1) is 5.92 Å². The van der Waals surface area contributed by atoms with Crippen LogP contribution in [0.15, 0.2) is 30.3 Å². The number of nitrogens with zero attached hydrogens (tertiary/aromatic N) is 1. The largest absolute Gasteiger partial charge is 0.481 e. The van der Waals surface area contributed by atoms with Crippen LogP contribution in [0.2, 0.25) is 0 Å². The minimum Gasteiger partial charge on any atom is -0.481 e. The van der Waals surface area contributed by atoms with Crippen LogP contribution in [0.5, 0.6) is 0 Å². The van der Waals surface area contributed by atoms with Crippen LogP contribution in [-0.4, -0.2) is 46.3 Å². The lowest BCUT2D eigenvalue weighted by Crippen LogP contribution is -2.41. The van der Waals surface area contributed by atoms with E-state index in [2.05, 4.69) is 5.32 Å². The molecule has 0 bridgehead atoms. The molecule has 1 aliphatic heterocycles. The summed E-state index contributed by atoms with van der Waals surface area (Å²) in [6.07, 6.45) is -1.08. The van der Waals surface area contributed by atoms with Crippen molar-refractivity contribution in [2.45, 2.75) is 19.0 Å². The highest BCUT2D eigenvalue weighted by molar-refractivity contribution is 5.74. The van der Waals surface area contributed by atoms with Gasteiger partial charge in [0.25, 0.3) is 0 Å². The van der Waals surface area contributed by atoms with Gasteiger partial charge in [-0.2, -0.15) is 0 Å². The van der Waals surface area contributed by atoms with Crippen molar-refractivity contribution in [1.82, 2.24) is 10.2 Å². The number of benzene rings is 1. The van der Waals surface area contributed by atoms with Crippen LogP contribution in [-0.2, 0) is 4.79 Å². The van der Waals surface area contributed by atoms with Crippen LogP contribution in [0.1, 0.15) is 18.5 Å². The maximum absolute atomic E-state index is 11.2. The van der Waals surface area contributed by atoms with E-state index in [-0.39, 0.29) is 25.2 Å². The predicted molar refractivity (Wildman–Crippen MR) is 72.5 cm³/mol. The maximum Gasteiger partial charge on any atom is 0.407 e. The minimum absolute atomic E-state index is 0.0307. The molecule has 1 aliphatic rings. The van der Waals surface area contributed by atoms with E-state index in [0.29, 0.717) is 0 Å². The van der Waals surface area contributed by atoms with Crippen molar-refractivity contribution < 1.29 is 19.8 Å². The Morgan fingerprint density at radius 2 is 1.90 bits per heavy atom. The van der Waals surface area contributed by atoms with Crippen LogP contribution in [0.4, 0.5) is 4.79 Å². The van der Waals surface area contributed by atoms with Gasteiger partial charge < -0.3 is 20.4 Å². The second-order valence-corrected chi connectivity index (χ2v) is 5.04. The van der Waals surface area contributed by atoms with Gasteiger partial charge in [-0.25, -0.2) is 4.79 Å². The second-order valence-electron chi connectivity index (χ2n) is 5.04. The summed E-state index contributed by atoms with van der Waals surface area (Å²) in [5, 5.41) is 21.4. The molecule has 1 aromatic rings. The van der Waals surface area contributed by atoms with Crippen molar-refractivity contribution in [3.05, 3.63) is 35.9 Å². The summed E-state index contributed by atoms with van der Waals surface area (Å²) in [5.74, 6) is -1.68. The van der Waals surface area contributed by atoms with Crippen molar-refractivity contribution in [2.24, 2.45) is 5.92 Å². The number of amides is 1. The Hall–Kier alpha value is -2.08. The van der Waals surface area contributed by atoms with E-state index in [4.69, 9.17) is 5.11 Å². The van der Waals surface area contributed by atoms with E-state index < -0.39 is 18.0 Å². The zero-order valence-electron chi connectivity index (χ0n) is 11.2. The fourth-order valence-electron chi connectivity index (χ4n) is 2.54. The average molecular weight is 278 g/mol. The molecule has 0 aromatic heterocycles. The van der Waals surface area contributed by atoms with Gasteiger partial charge in [-0.1, -0.05) is 30.3 Å². The Labute approximate surface area is 117 Å². The summed E-state index contributed by atoms with van der Waals surface area (Å²) in [4.78, 5) is 23.4. The Kier molecular flexibility index (Phi) is 4.24. The van der Waals surface area contributed by atoms with Gasteiger partial charge in [0.1, 0.15) is 0 Å². The van der Waals surface area contributed by atoms with Crippen LogP contribution in [0.25, 0.3) is 0 Å². The maximum atomic E-state index is 11.2. The number of hydrogen-bond acceptors (Lipinski definition) is 3. The number of hydrogen-bond donors (Lipinski definition) is 3. The lowest BCUT2D eigenvalue weighted by Gasteiger charge is -2.22. The number of aliphatic carboxylic acids is 1. The van der Waals surface area contributed by atoms with Crippen molar-refractivity contribution >= 4 is 12.1 Å². The summed E-state index contributed by atoms with van der Waals surface area (Å²) in [5.41, 5.74) is 1.05. The lowest BCUT2D eigenvalue weighted by molar-refractivity contribution is -0.141. The third-order valence-electron chi connectivity index (χ3n) is 3.67. The highest BCUT2D eigenvalue weighted by Gasteiger charge is 2.40. The van der Waals surface area contributed by atoms with Gasteiger partial charge in [0, 0.05) is 25.2 Å². The molecule has 3 N–H and O–H groups in total. The smallest absolute Gasteiger partial charge is 0.407 e. The van der Waals surface area contributed by atoms with Crippen molar-refractivity contribution in [3.8, 4) is 0 Å². The molecule has 1 aromatic carbocycles. The number of rotatable bonds is 4. The summed E-state index contributed by atoms with van der Waals surface area (Å²) < 4.78 is 0. The van der Waals surface area contributed by atoms with Gasteiger partial charge in [0.2, 0.25) is 0 Å². The number of carbonyl (C=O) groups is 2. The first-order chi connectivity index (χ1) is 9.49. The average Bonchev–Trinajstić information content (AvgIpc) is 2.84. The van der Waals surface area contributed by atoms with E-state index in [1.54, 1.807) is 0 Å². The van der Waals surface area contributed by atoms with Crippen LogP contribution < -0.4 is 5.32 Å². The molecule has 1 saturated heterocycles. The zero-order valence-corrected chi connectivity index (χ0v) is 11.2. The number of likely N-dealkylation sites (tertiary alicyclic amines) is 1. The summed E-state index contributed by atoms with van der Waals surface area (Å²) in [6, 6.07) is 9.25. The van der Waals surface area contributed by atoms with Crippen molar-refractivity contribution in [2.75, 3.05) is 13.1 Å². The number of carboxylic acids is 1. The van der Waals surface area contributed by atoms with Gasteiger partial charge in [-0.15, -0.1) is 0 Å². The van der Waals surface area contributed by atoms with E-state index in [1.807, 2.05) is 37.3 Å². The standard InChI is InChI=1S/C14H18N2O4/c1-9(10-5-3-2-4-6-10)15-12-8-16(14(19)20)7-11(12)13(17)18/h2-6,9,11-12,15H,7-8H2,1H3,(H,17,18)(H,19,20)/t9-,11?,12+/m0/s1. The molecule has 6 nitrogen and oxygen atoms in total. The number of nitrogens with one attached hydrogen (secondary N) is 1. The monoisotopic (exact) mass is 278 g/mol. The summed E-state index contributed by atoms with van der Waals surface area (Å²) in [7, 11) is 0. The normalized spacial score (nSPS) is 23.6. The van der Waals surface area contributed by atoms with Crippen LogP contribution in [0, 0.1) is 5.92 Å². The highest BCUT2D eigenvalue weighted by Crippen LogP contribution is 2.21. The first kappa shape index (κ1) is 14.3. The Morgan fingerprint density at radius 1 is 1.25 bits per heavy atom. The Morgan fingerprint density at radius 3 is 2.45 bits per heavy atom. The highest BCUT2D eigenvalue weighted by atomic mass is 16.4. The Balaban J connectivity index is 2.07. The third kappa shape index (κ3) is 3.08. The molecular formula is C14H18N2O4. The quantitative estimate of drug-likeness (QED) is 0.774. The minimum atomic E-state index is -1.08. The van der Waals surface area contributed by atoms with Crippen LogP contribution in [0.3, 0.4) is 0 Å². The van der Waals surface area contributed by atoms with E-state index in [0.717, 1.165) is 10.5 Å². The Bertz CT molecular complexity index is 491. The predicted octanol–water partition coefficient (Wildman–Crippen LogP) is 1.40. The molecule has 1 amide bonds. The molecule has 3 atom stereocenters. The summed E-state index contributed by atoms with van der Waals surface area (Å²) >= 11 is 0. The second kappa shape index (κ2) is 5.92. The molecule has 0 spiro atoms. The molecule has 0 aliphatic carbocycles. The first-order valence-corrected chi connectivity index (χ1v) is 6.50. The molecule has 2 rings (SSSR count). The molecule has 20 heavy (non-hydrogen) atoms. The number of carboxylic acid groups (broad SMARTS) is 2. The summed E-state index contributed by atoms with van der Waals surface area (Å²) in [6.45, 7) is 2.17. The van der Waals surface area contributed by atoms with Crippen molar-refractivity contribution in [1.29, 1.82) is 0 Å². The molecule has 1 heterocycles. The van der Waals surface area contributed by atoms with Gasteiger partial charge in [0.15, 0.2) is 0 Å². The lowest BCUT2D eigenvalue weighted by atomic mass is 10.0. The van der Waals surface area contributed by atoms with E-state index in [1.165, 1.54) is 0 Å². The van der Waals surface area contributed by atoms with Gasteiger partial charge in [-0.3, -0.25) is 4.79 Å².